The van der Waals surface area contributed by atoms with E-state index < -0.39 is 11.1 Å². The predicted molar refractivity (Wildman–Crippen MR) is 142 cm³/mol. The third-order valence-corrected chi connectivity index (χ3v) is 7.68. The van der Waals surface area contributed by atoms with E-state index in [9.17, 15) is 14.4 Å². The molecule has 0 spiro atoms. The quantitative estimate of drug-likeness (QED) is 0.394. The summed E-state index contributed by atoms with van der Waals surface area (Å²) < 4.78 is 17.2. The summed E-state index contributed by atoms with van der Waals surface area (Å²) in [5.74, 6) is 0.0789. The van der Waals surface area contributed by atoms with E-state index in [0.29, 0.717) is 57.9 Å². The van der Waals surface area contributed by atoms with Gasteiger partial charge in [0.1, 0.15) is 13.2 Å². The average Bonchev–Trinajstić information content (AvgIpc) is 3.12. The van der Waals surface area contributed by atoms with Crippen molar-refractivity contribution in [3.63, 3.8) is 0 Å². The van der Waals surface area contributed by atoms with Gasteiger partial charge < -0.3 is 19.1 Å². The van der Waals surface area contributed by atoms with Crippen LogP contribution in [0.2, 0.25) is 10.0 Å². The molecule has 2 saturated heterocycles. The number of rotatable bonds is 7. The highest BCUT2D eigenvalue weighted by Gasteiger charge is 2.37. The van der Waals surface area contributed by atoms with Crippen molar-refractivity contribution in [3.05, 3.63) is 60.9 Å². The molecule has 0 aromatic heterocycles. The summed E-state index contributed by atoms with van der Waals surface area (Å²) in [6.45, 7) is 1.65. The van der Waals surface area contributed by atoms with E-state index in [4.69, 9.17) is 37.4 Å². The number of hydrogen-bond donors (Lipinski definition) is 0. The molecule has 8 nitrogen and oxygen atoms in total. The third-order valence-electron chi connectivity index (χ3n) is 5.50. The number of hydrogen-bond acceptors (Lipinski definition) is 7. The molecule has 2 aliphatic heterocycles. The Morgan fingerprint density at radius 2 is 1.92 bits per heavy atom. The fraction of sp³-hybridized carbons (Fsp3) is 0.292. The summed E-state index contributed by atoms with van der Waals surface area (Å²) in [6, 6.07) is 8.54. The molecular formula is C24H21BrCl2N2O6S. The van der Waals surface area contributed by atoms with Crippen molar-refractivity contribution in [2.75, 3.05) is 40.0 Å². The van der Waals surface area contributed by atoms with Gasteiger partial charge in [0, 0.05) is 33.2 Å². The Bertz CT molecular complexity index is 1240. The zero-order valence-electron chi connectivity index (χ0n) is 19.1. The Morgan fingerprint density at radius 3 is 2.61 bits per heavy atom. The molecule has 2 heterocycles. The average molecular weight is 616 g/mol. The smallest absolute Gasteiger partial charge is 0.294 e. The van der Waals surface area contributed by atoms with Crippen LogP contribution in [0.15, 0.2) is 39.7 Å². The summed E-state index contributed by atoms with van der Waals surface area (Å²) in [7, 11) is 1.50. The van der Waals surface area contributed by atoms with Crippen LogP contribution in [-0.2, 0) is 20.9 Å². The molecule has 0 unspecified atom stereocenters. The van der Waals surface area contributed by atoms with Crippen LogP contribution in [0.5, 0.6) is 11.5 Å². The molecule has 0 N–H and O–H groups in total. The number of methoxy groups -OCH3 is 1. The molecule has 0 aliphatic carbocycles. The molecule has 36 heavy (non-hydrogen) atoms. The summed E-state index contributed by atoms with van der Waals surface area (Å²) in [5, 5.41) is 0.527. The van der Waals surface area contributed by atoms with Gasteiger partial charge in [-0.3, -0.25) is 19.3 Å². The van der Waals surface area contributed by atoms with Crippen molar-refractivity contribution in [1.29, 1.82) is 0 Å². The monoisotopic (exact) mass is 614 g/mol. The van der Waals surface area contributed by atoms with Crippen molar-refractivity contribution in [2.45, 2.75) is 6.61 Å². The van der Waals surface area contributed by atoms with Crippen molar-refractivity contribution in [3.8, 4) is 11.5 Å². The number of carbonyl (C=O) groups is 3. The van der Waals surface area contributed by atoms with E-state index in [1.54, 1.807) is 41.3 Å². The lowest BCUT2D eigenvalue weighted by Crippen LogP contribution is -2.46. The Kier molecular flexibility index (Phi) is 8.84. The Labute approximate surface area is 230 Å². The number of thioether (sulfide) groups is 1. The van der Waals surface area contributed by atoms with Gasteiger partial charge in [-0.1, -0.05) is 45.2 Å². The minimum absolute atomic E-state index is 0.189. The molecule has 2 aromatic rings. The number of morpholine rings is 1. The second-order valence-electron chi connectivity index (χ2n) is 7.81. The lowest BCUT2D eigenvalue weighted by molar-refractivity contribution is -0.139. The van der Waals surface area contributed by atoms with Gasteiger partial charge in [0.2, 0.25) is 5.91 Å². The first-order valence-corrected chi connectivity index (χ1v) is 13.2. The summed E-state index contributed by atoms with van der Waals surface area (Å²) >= 11 is 16.5. The number of nitrogens with zero attached hydrogens (tertiary/aromatic N) is 2. The summed E-state index contributed by atoms with van der Waals surface area (Å²) in [5.41, 5.74) is 1.36. The zero-order chi connectivity index (χ0) is 25.8. The van der Waals surface area contributed by atoms with Gasteiger partial charge in [0.15, 0.2) is 11.5 Å². The number of ether oxygens (including phenoxy) is 3. The van der Waals surface area contributed by atoms with Crippen LogP contribution < -0.4 is 9.47 Å². The fourth-order valence-electron chi connectivity index (χ4n) is 3.55. The van der Waals surface area contributed by atoms with Gasteiger partial charge in [0.05, 0.1) is 25.2 Å². The summed E-state index contributed by atoms with van der Waals surface area (Å²) in [6.07, 6.45) is 1.58. The first-order chi connectivity index (χ1) is 17.3. The van der Waals surface area contributed by atoms with E-state index in [0.717, 1.165) is 22.2 Å². The lowest BCUT2D eigenvalue weighted by atomic mass is 10.1. The predicted octanol–water partition coefficient (Wildman–Crippen LogP) is 5.24. The van der Waals surface area contributed by atoms with Gasteiger partial charge in [-0.2, -0.15) is 0 Å². The minimum atomic E-state index is -0.518. The molecule has 0 saturated carbocycles. The van der Waals surface area contributed by atoms with Crippen LogP contribution in [0.4, 0.5) is 4.79 Å². The Balaban J connectivity index is 1.49. The highest BCUT2D eigenvalue weighted by molar-refractivity contribution is 9.10. The maximum atomic E-state index is 12.9. The second-order valence-corrected chi connectivity index (χ2v) is 10.5. The molecule has 3 amide bonds. The largest absolute Gasteiger partial charge is 0.493 e. The molecule has 2 aromatic carbocycles. The molecule has 0 bridgehead atoms. The zero-order valence-corrected chi connectivity index (χ0v) is 23.0. The van der Waals surface area contributed by atoms with E-state index in [1.807, 2.05) is 0 Å². The first kappa shape index (κ1) is 26.8. The van der Waals surface area contributed by atoms with Crippen LogP contribution in [0.25, 0.3) is 6.08 Å². The standard InChI is InChI=1S/C24H21BrCl2N2O6S/c1-33-19-8-15(17(25)11-20(19)35-13-14-2-3-16(26)10-18(14)27)9-21-23(31)29(24(32)36-21)12-22(30)28-4-6-34-7-5-28/h2-3,8-11H,4-7,12-13H2,1H3/b21-9+. The third kappa shape index (κ3) is 6.18. The lowest BCUT2D eigenvalue weighted by Gasteiger charge is -2.28. The van der Waals surface area contributed by atoms with E-state index in [2.05, 4.69) is 15.9 Å². The molecule has 12 heteroatoms. The molecule has 0 radical (unpaired) electrons. The van der Waals surface area contributed by atoms with Gasteiger partial charge in [-0.25, -0.2) is 0 Å². The Morgan fingerprint density at radius 1 is 1.17 bits per heavy atom. The number of amides is 3. The van der Waals surface area contributed by atoms with E-state index in [-0.39, 0.29) is 24.0 Å². The van der Waals surface area contributed by atoms with E-state index >= 15 is 0 Å². The molecular weight excluding hydrogens is 595 g/mol. The molecule has 4 rings (SSSR count). The molecule has 2 fully saturated rings. The second kappa shape index (κ2) is 11.9. The van der Waals surface area contributed by atoms with Crippen LogP contribution >= 0.6 is 50.9 Å². The maximum absolute atomic E-state index is 12.9. The number of carbonyl (C=O) groups excluding carboxylic acids is 3. The van der Waals surface area contributed by atoms with E-state index in [1.165, 1.54) is 7.11 Å². The van der Waals surface area contributed by atoms with Crippen molar-refractivity contribution >= 4 is 74.0 Å². The van der Waals surface area contributed by atoms with Crippen molar-refractivity contribution < 1.29 is 28.6 Å². The number of benzene rings is 2. The van der Waals surface area contributed by atoms with Gasteiger partial charge in [-0.15, -0.1) is 0 Å². The first-order valence-electron chi connectivity index (χ1n) is 10.8. The van der Waals surface area contributed by atoms with Crippen LogP contribution in [0.3, 0.4) is 0 Å². The van der Waals surface area contributed by atoms with Gasteiger partial charge in [-0.05, 0) is 47.7 Å². The van der Waals surface area contributed by atoms with Crippen LogP contribution in [0, 0.1) is 0 Å². The number of halogens is 3. The topological polar surface area (TPSA) is 85.4 Å². The van der Waals surface area contributed by atoms with Gasteiger partial charge >= 0.3 is 0 Å². The Hall–Kier alpha value is -2.24. The maximum Gasteiger partial charge on any atom is 0.294 e. The minimum Gasteiger partial charge on any atom is -0.493 e. The van der Waals surface area contributed by atoms with Crippen LogP contribution in [-0.4, -0.2) is 66.8 Å². The normalized spacial score (nSPS) is 17.2. The highest BCUT2D eigenvalue weighted by atomic mass is 79.9. The SMILES string of the molecule is COc1cc(/C=C2/SC(=O)N(CC(=O)N3CCOCC3)C2=O)c(Br)cc1OCc1ccc(Cl)cc1Cl. The van der Waals surface area contributed by atoms with Crippen molar-refractivity contribution in [1.82, 2.24) is 9.80 Å². The molecule has 190 valence electrons. The highest BCUT2D eigenvalue weighted by Crippen LogP contribution is 2.38. The van der Waals surface area contributed by atoms with Crippen molar-refractivity contribution in [2.24, 2.45) is 0 Å². The van der Waals surface area contributed by atoms with Crippen LogP contribution in [0.1, 0.15) is 11.1 Å². The number of imide groups is 1. The van der Waals surface area contributed by atoms with Gasteiger partial charge in [0.25, 0.3) is 11.1 Å². The molecule has 2 aliphatic rings. The summed E-state index contributed by atoms with van der Waals surface area (Å²) in [4.78, 5) is 40.7. The molecule has 0 atom stereocenters. The fourth-order valence-corrected chi connectivity index (χ4v) is 5.28.